The van der Waals surface area contributed by atoms with Gasteiger partial charge in [0.1, 0.15) is 11.9 Å². The van der Waals surface area contributed by atoms with Gasteiger partial charge in [0.05, 0.1) is 6.42 Å². The fraction of sp³-hybridized carbons (Fsp3) is 0.462. The molecule has 3 rings (SSSR count). The number of benzene rings is 2. The third-order valence-electron chi connectivity index (χ3n) is 6.21. The summed E-state index contributed by atoms with van der Waals surface area (Å²) < 4.78 is 13.4. The third kappa shape index (κ3) is 6.39. The van der Waals surface area contributed by atoms with Crippen LogP contribution in [0.15, 0.2) is 48.5 Å². The summed E-state index contributed by atoms with van der Waals surface area (Å²) in [5, 5.41) is 3.18. The van der Waals surface area contributed by atoms with Crippen molar-refractivity contribution in [2.45, 2.75) is 77.4 Å². The molecule has 2 aromatic rings. The molecule has 166 valence electrons. The molecule has 0 spiro atoms. The molecular weight excluding hydrogens is 391 g/mol. The van der Waals surface area contributed by atoms with Crippen molar-refractivity contribution in [2.75, 3.05) is 0 Å². The van der Waals surface area contributed by atoms with E-state index in [4.69, 9.17) is 0 Å². The Morgan fingerprint density at radius 2 is 1.74 bits per heavy atom. The van der Waals surface area contributed by atoms with E-state index in [-0.39, 0.29) is 36.6 Å². The largest absolute Gasteiger partial charge is 0.352 e. The quantitative estimate of drug-likeness (QED) is 0.653. The van der Waals surface area contributed by atoms with Crippen molar-refractivity contribution < 1.29 is 14.0 Å². The molecule has 1 unspecified atom stereocenters. The van der Waals surface area contributed by atoms with Gasteiger partial charge in [-0.15, -0.1) is 0 Å². The molecule has 5 heteroatoms. The Kier molecular flexibility index (Phi) is 8.21. The number of carbonyl (C=O) groups is 2. The zero-order valence-electron chi connectivity index (χ0n) is 18.6. The van der Waals surface area contributed by atoms with Crippen LogP contribution in [0.4, 0.5) is 4.39 Å². The average Bonchev–Trinajstić information content (AvgIpc) is 2.77. The van der Waals surface area contributed by atoms with Crippen molar-refractivity contribution in [1.82, 2.24) is 10.2 Å². The van der Waals surface area contributed by atoms with Gasteiger partial charge in [-0.25, -0.2) is 4.39 Å². The monoisotopic (exact) mass is 424 g/mol. The Balaban J connectivity index is 1.81. The number of nitrogens with zero attached hydrogens (tertiary/aromatic N) is 1. The maximum absolute atomic E-state index is 13.4. The zero-order valence-corrected chi connectivity index (χ0v) is 18.6. The van der Waals surface area contributed by atoms with Crippen LogP contribution in [0, 0.1) is 12.7 Å². The molecule has 0 radical (unpaired) electrons. The highest BCUT2D eigenvalue weighted by atomic mass is 19.1. The van der Waals surface area contributed by atoms with Crippen molar-refractivity contribution >= 4 is 11.8 Å². The van der Waals surface area contributed by atoms with E-state index in [9.17, 15) is 14.0 Å². The lowest BCUT2D eigenvalue weighted by Gasteiger charge is -2.33. The van der Waals surface area contributed by atoms with E-state index in [0.29, 0.717) is 6.42 Å². The number of hydrogen-bond acceptors (Lipinski definition) is 2. The molecule has 31 heavy (non-hydrogen) atoms. The van der Waals surface area contributed by atoms with E-state index >= 15 is 0 Å². The maximum Gasteiger partial charge on any atom is 0.243 e. The first-order valence-electron chi connectivity index (χ1n) is 11.4. The van der Waals surface area contributed by atoms with Gasteiger partial charge in [-0.3, -0.25) is 9.59 Å². The van der Waals surface area contributed by atoms with Crippen molar-refractivity contribution in [3.63, 3.8) is 0 Å². The molecule has 1 aliphatic carbocycles. The predicted octanol–water partition coefficient (Wildman–Crippen LogP) is 4.93. The summed E-state index contributed by atoms with van der Waals surface area (Å²) in [5.74, 6) is -0.498. The van der Waals surface area contributed by atoms with Crippen molar-refractivity contribution in [1.29, 1.82) is 0 Å². The van der Waals surface area contributed by atoms with Crippen molar-refractivity contribution in [2.24, 2.45) is 0 Å². The molecule has 0 heterocycles. The number of halogens is 1. The van der Waals surface area contributed by atoms with Crippen molar-refractivity contribution in [3.05, 3.63) is 71.0 Å². The van der Waals surface area contributed by atoms with Gasteiger partial charge in [-0.2, -0.15) is 0 Å². The third-order valence-corrected chi connectivity index (χ3v) is 6.21. The van der Waals surface area contributed by atoms with Crippen LogP contribution in [-0.2, 0) is 22.6 Å². The maximum atomic E-state index is 13.4. The molecule has 0 saturated heterocycles. The Hall–Kier alpha value is -2.69. The molecule has 4 nitrogen and oxygen atoms in total. The van der Waals surface area contributed by atoms with Gasteiger partial charge in [0.25, 0.3) is 0 Å². The van der Waals surface area contributed by atoms with Gasteiger partial charge in [0, 0.05) is 12.6 Å². The fourth-order valence-electron chi connectivity index (χ4n) is 4.32. The average molecular weight is 425 g/mol. The number of carbonyl (C=O) groups excluding carboxylic acids is 2. The number of nitrogens with one attached hydrogen (secondary N) is 1. The first-order chi connectivity index (χ1) is 15.0. The molecule has 0 aromatic heterocycles. The van der Waals surface area contributed by atoms with Crippen molar-refractivity contribution in [3.8, 4) is 0 Å². The number of rotatable bonds is 8. The Bertz CT molecular complexity index is 875. The fourth-order valence-corrected chi connectivity index (χ4v) is 4.32. The summed E-state index contributed by atoms with van der Waals surface area (Å²) in [6.45, 7) is 4.20. The second-order valence-corrected chi connectivity index (χ2v) is 8.52. The molecule has 1 aliphatic rings. The van der Waals surface area contributed by atoms with Crippen LogP contribution in [0.1, 0.15) is 62.1 Å². The minimum absolute atomic E-state index is 0.0883. The van der Waals surface area contributed by atoms with Crippen LogP contribution in [0.5, 0.6) is 0 Å². The van der Waals surface area contributed by atoms with Crippen LogP contribution in [0.2, 0.25) is 0 Å². The van der Waals surface area contributed by atoms with E-state index in [1.54, 1.807) is 17.0 Å². The topological polar surface area (TPSA) is 49.4 Å². The zero-order chi connectivity index (χ0) is 22.2. The Morgan fingerprint density at radius 3 is 2.39 bits per heavy atom. The standard InChI is InChI=1S/C26H33FN2O2/c1-3-24(26(31)28-23-11-5-4-6-12-23)29(18-20-13-15-22(27)16-14-20)25(30)17-21-10-8-7-9-19(21)2/h7-10,13-16,23-24H,3-6,11-12,17-18H2,1-2H3,(H,28,31). The Morgan fingerprint density at radius 1 is 1.06 bits per heavy atom. The molecule has 1 fully saturated rings. The number of amides is 2. The minimum Gasteiger partial charge on any atom is -0.352 e. The number of aryl methyl sites for hydroxylation is 1. The summed E-state index contributed by atoms with van der Waals surface area (Å²) in [6.07, 6.45) is 6.24. The van der Waals surface area contributed by atoms with E-state index in [2.05, 4.69) is 5.32 Å². The second-order valence-electron chi connectivity index (χ2n) is 8.52. The van der Waals surface area contributed by atoms with Crippen LogP contribution in [0.3, 0.4) is 0 Å². The first-order valence-corrected chi connectivity index (χ1v) is 11.4. The molecule has 2 aromatic carbocycles. The van der Waals surface area contributed by atoms with Gasteiger partial charge in [-0.1, -0.05) is 62.6 Å². The van der Waals surface area contributed by atoms with Crippen LogP contribution in [-0.4, -0.2) is 28.8 Å². The highest BCUT2D eigenvalue weighted by Crippen LogP contribution is 2.20. The van der Waals surface area contributed by atoms with E-state index in [1.807, 2.05) is 38.1 Å². The Labute approximate surface area is 184 Å². The van der Waals surface area contributed by atoms with E-state index < -0.39 is 6.04 Å². The van der Waals surface area contributed by atoms with Crippen LogP contribution in [0.25, 0.3) is 0 Å². The summed E-state index contributed by atoms with van der Waals surface area (Å²) in [6, 6.07) is 13.6. The van der Waals surface area contributed by atoms with Gasteiger partial charge >= 0.3 is 0 Å². The van der Waals surface area contributed by atoms with Crippen LogP contribution >= 0.6 is 0 Å². The molecule has 1 atom stereocenters. The van der Waals surface area contributed by atoms with E-state index in [1.165, 1.54) is 18.6 Å². The lowest BCUT2D eigenvalue weighted by molar-refractivity contribution is -0.141. The van der Waals surface area contributed by atoms with Gasteiger partial charge < -0.3 is 10.2 Å². The molecule has 2 amide bonds. The molecular formula is C26H33FN2O2. The predicted molar refractivity (Wildman–Crippen MR) is 121 cm³/mol. The normalized spacial score (nSPS) is 15.3. The van der Waals surface area contributed by atoms with E-state index in [0.717, 1.165) is 42.4 Å². The van der Waals surface area contributed by atoms with Gasteiger partial charge in [0.2, 0.25) is 11.8 Å². The van der Waals surface area contributed by atoms with Gasteiger partial charge in [-0.05, 0) is 55.0 Å². The molecule has 0 aliphatic heterocycles. The lowest BCUT2D eigenvalue weighted by atomic mass is 9.95. The highest BCUT2D eigenvalue weighted by Gasteiger charge is 2.30. The molecule has 1 N–H and O–H groups in total. The van der Waals surface area contributed by atoms with Gasteiger partial charge in [0.15, 0.2) is 0 Å². The lowest BCUT2D eigenvalue weighted by Crippen LogP contribution is -2.52. The number of hydrogen-bond donors (Lipinski definition) is 1. The highest BCUT2D eigenvalue weighted by molar-refractivity contribution is 5.88. The minimum atomic E-state index is -0.552. The summed E-state index contributed by atoms with van der Waals surface area (Å²) in [5.41, 5.74) is 2.82. The second kappa shape index (κ2) is 11.1. The smallest absolute Gasteiger partial charge is 0.243 e. The summed E-state index contributed by atoms with van der Waals surface area (Å²) >= 11 is 0. The molecule has 1 saturated carbocycles. The molecule has 0 bridgehead atoms. The van der Waals surface area contributed by atoms with Crippen LogP contribution < -0.4 is 5.32 Å². The summed E-state index contributed by atoms with van der Waals surface area (Å²) in [7, 11) is 0. The SMILES string of the molecule is CCC(C(=O)NC1CCCCC1)N(Cc1ccc(F)cc1)C(=O)Cc1ccccc1C. The summed E-state index contributed by atoms with van der Waals surface area (Å²) in [4.78, 5) is 28.3. The first kappa shape index (κ1) is 23.0.